The maximum atomic E-state index is 4.72. The van der Waals surface area contributed by atoms with Crippen LogP contribution in [0.4, 0.5) is 0 Å². The third-order valence-electron chi connectivity index (χ3n) is 3.19. The van der Waals surface area contributed by atoms with Crippen molar-refractivity contribution in [1.82, 2.24) is 15.2 Å². The van der Waals surface area contributed by atoms with Gasteiger partial charge in [-0.2, -0.15) is 0 Å². The fraction of sp³-hybridized carbons (Fsp3) is 0.462. The minimum atomic E-state index is 0.985. The predicted octanol–water partition coefficient (Wildman–Crippen LogP) is 2.85. The van der Waals surface area contributed by atoms with Gasteiger partial charge in [0.25, 0.3) is 0 Å². The van der Waals surface area contributed by atoms with Crippen molar-refractivity contribution in [2.75, 3.05) is 26.2 Å². The summed E-state index contributed by atoms with van der Waals surface area (Å²) in [6.45, 7) is 5.52. The van der Waals surface area contributed by atoms with Gasteiger partial charge in [0.1, 0.15) is 5.01 Å². The van der Waals surface area contributed by atoms with Gasteiger partial charge in [-0.3, -0.25) is 4.90 Å². The molecule has 0 radical (unpaired) electrons. The van der Waals surface area contributed by atoms with Crippen LogP contribution in [0.2, 0.25) is 0 Å². The quantitative estimate of drug-likeness (QED) is 0.920. The molecule has 0 spiro atoms. The number of thiazole rings is 1. The summed E-state index contributed by atoms with van der Waals surface area (Å²) >= 11 is 5.31. The van der Waals surface area contributed by atoms with Crippen molar-refractivity contribution < 1.29 is 0 Å². The molecule has 0 unspecified atom stereocenters. The Morgan fingerprint density at radius 3 is 3.22 bits per heavy atom. The maximum Gasteiger partial charge on any atom is 0.108 e. The van der Waals surface area contributed by atoms with E-state index in [1.54, 1.807) is 0 Å². The Hall–Kier alpha value is -0.490. The molecule has 3 nitrogen and oxygen atoms in total. The largest absolute Gasteiger partial charge is 0.315 e. The molecule has 1 saturated heterocycles. The molecular formula is C13H16BrN3S. The number of nitrogens with zero attached hydrogens (tertiary/aromatic N) is 2. The molecule has 96 valence electrons. The molecule has 1 aromatic carbocycles. The van der Waals surface area contributed by atoms with E-state index in [0.717, 1.165) is 36.2 Å². The first-order valence-electron chi connectivity index (χ1n) is 6.29. The second kappa shape index (κ2) is 5.65. The van der Waals surface area contributed by atoms with Crippen LogP contribution in [0.3, 0.4) is 0 Å². The van der Waals surface area contributed by atoms with Crippen molar-refractivity contribution in [2.45, 2.75) is 13.0 Å². The molecule has 0 aliphatic carbocycles. The highest BCUT2D eigenvalue weighted by Gasteiger charge is 2.12. The smallest absolute Gasteiger partial charge is 0.108 e. The van der Waals surface area contributed by atoms with Gasteiger partial charge in [0.2, 0.25) is 0 Å². The van der Waals surface area contributed by atoms with Crippen molar-refractivity contribution in [3.05, 3.63) is 27.7 Å². The molecule has 0 saturated carbocycles. The molecule has 3 rings (SSSR count). The summed E-state index contributed by atoms with van der Waals surface area (Å²) in [7, 11) is 0. The number of halogens is 1. The van der Waals surface area contributed by atoms with E-state index in [1.165, 1.54) is 22.7 Å². The topological polar surface area (TPSA) is 28.2 Å². The Bertz CT molecular complexity index is 532. The summed E-state index contributed by atoms with van der Waals surface area (Å²) in [6.07, 6.45) is 1.23. The molecule has 2 heterocycles. The number of rotatable bonds is 2. The Kier molecular flexibility index (Phi) is 3.94. The Balaban J connectivity index is 1.77. The molecule has 1 aliphatic rings. The molecule has 0 amide bonds. The molecule has 1 aromatic heterocycles. The molecule has 1 fully saturated rings. The lowest BCUT2D eigenvalue weighted by Crippen LogP contribution is -2.27. The molecule has 1 N–H and O–H groups in total. The number of hydrogen-bond donors (Lipinski definition) is 1. The van der Waals surface area contributed by atoms with Crippen molar-refractivity contribution in [3.63, 3.8) is 0 Å². The maximum absolute atomic E-state index is 4.72. The fourth-order valence-electron chi connectivity index (χ4n) is 2.27. The van der Waals surface area contributed by atoms with Crippen LogP contribution < -0.4 is 5.32 Å². The van der Waals surface area contributed by atoms with Gasteiger partial charge >= 0.3 is 0 Å². The van der Waals surface area contributed by atoms with Crippen LogP contribution in [0.1, 0.15) is 11.4 Å². The van der Waals surface area contributed by atoms with E-state index in [9.17, 15) is 0 Å². The van der Waals surface area contributed by atoms with Crippen LogP contribution in [0.5, 0.6) is 0 Å². The van der Waals surface area contributed by atoms with E-state index in [1.807, 2.05) is 11.3 Å². The average Bonchev–Trinajstić information content (AvgIpc) is 2.57. The van der Waals surface area contributed by atoms with Crippen LogP contribution in [-0.4, -0.2) is 36.1 Å². The Morgan fingerprint density at radius 2 is 2.28 bits per heavy atom. The zero-order valence-corrected chi connectivity index (χ0v) is 12.6. The standard InChI is InChI=1S/C13H16BrN3S/c14-10-2-3-12-11(8-10)16-13(18-12)9-17-6-1-4-15-5-7-17/h2-3,8,15H,1,4-7,9H2. The van der Waals surface area contributed by atoms with Crippen molar-refractivity contribution in [3.8, 4) is 0 Å². The molecule has 5 heteroatoms. The first-order valence-corrected chi connectivity index (χ1v) is 7.90. The second-order valence-electron chi connectivity index (χ2n) is 4.60. The van der Waals surface area contributed by atoms with Gasteiger partial charge < -0.3 is 5.32 Å². The van der Waals surface area contributed by atoms with Gasteiger partial charge in [-0.05, 0) is 37.7 Å². The molecule has 1 aliphatic heterocycles. The summed E-state index contributed by atoms with van der Waals surface area (Å²) in [4.78, 5) is 7.22. The summed E-state index contributed by atoms with van der Waals surface area (Å²) in [6, 6.07) is 6.32. The lowest BCUT2D eigenvalue weighted by Gasteiger charge is -2.17. The van der Waals surface area contributed by atoms with E-state index in [-0.39, 0.29) is 0 Å². The third-order valence-corrected chi connectivity index (χ3v) is 4.70. The summed E-state index contributed by atoms with van der Waals surface area (Å²) < 4.78 is 2.38. The number of benzene rings is 1. The Labute approximate surface area is 119 Å². The molecule has 0 atom stereocenters. The minimum absolute atomic E-state index is 0.985. The van der Waals surface area contributed by atoms with Gasteiger partial charge in [0, 0.05) is 17.6 Å². The van der Waals surface area contributed by atoms with Crippen molar-refractivity contribution in [2.24, 2.45) is 0 Å². The van der Waals surface area contributed by atoms with E-state index >= 15 is 0 Å². The molecule has 0 bridgehead atoms. The van der Waals surface area contributed by atoms with E-state index < -0.39 is 0 Å². The van der Waals surface area contributed by atoms with Crippen molar-refractivity contribution in [1.29, 1.82) is 0 Å². The molecule has 2 aromatic rings. The predicted molar refractivity (Wildman–Crippen MR) is 80.1 cm³/mol. The number of hydrogen-bond acceptors (Lipinski definition) is 4. The van der Waals surface area contributed by atoms with Gasteiger partial charge in [0.15, 0.2) is 0 Å². The van der Waals surface area contributed by atoms with Gasteiger partial charge in [-0.1, -0.05) is 15.9 Å². The second-order valence-corrected chi connectivity index (χ2v) is 6.63. The number of aromatic nitrogens is 1. The number of fused-ring (bicyclic) bond motifs is 1. The first-order chi connectivity index (χ1) is 8.81. The molecule has 18 heavy (non-hydrogen) atoms. The third kappa shape index (κ3) is 2.91. The fourth-order valence-corrected chi connectivity index (χ4v) is 3.61. The van der Waals surface area contributed by atoms with Crippen molar-refractivity contribution >= 4 is 37.5 Å². The normalized spacial score (nSPS) is 18.1. The van der Waals surface area contributed by atoms with Crippen LogP contribution in [0.15, 0.2) is 22.7 Å². The van der Waals surface area contributed by atoms with Crippen LogP contribution in [0.25, 0.3) is 10.2 Å². The molecular weight excluding hydrogens is 310 g/mol. The monoisotopic (exact) mass is 325 g/mol. The zero-order chi connectivity index (χ0) is 12.4. The lowest BCUT2D eigenvalue weighted by atomic mass is 10.3. The number of nitrogens with one attached hydrogen (secondary N) is 1. The van der Waals surface area contributed by atoms with Crippen LogP contribution >= 0.6 is 27.3 Å². The van der Waals surface area contributed by atoms with Crippen LogP contribution in [-0.2, 0) is 6.54 Å². The van der Waals surface area contributed by atoms with Gasteiger partial charge in [-0.25, -0.2) is 4.98 Å². The highest BCUT2D eigenvalue weighted by Crippen LogP contribution is 2.26. The van der Waals surface area contributed by atoms with Crippen LogP contribution in [0, 0.1) is 0 Å². The summed E-state index contributed by atoms with van der Waals surface area (Å²) in [5.74, 6) is 0. The van der Waals surface area contributed by atoms with E-state index in [4.69, 9.17) is 4.98 Å². The SMILES string of the molecule is Brc1ccc2sc(CN3CCCNCC3)nc2c1. The van der Waals surface area contributed by atoms with E-state index in [0.29, 0.717) is 0 Å². The average molecular weight is 326 g/mol. The van der Waals surface area contributed by atoms with Gasteiger partial charge in [0.05, 0.1) is 16.8 Å². The van der Waals surface area contributed by atoms with E-state index in [2.05, 4.69) is 44.3 Å². The minimum Gasteiger partial charge on any atom is -0.315 e. The summed E-state index contributed by atoms with van der Waals surface area (Å²) in [5, 5.41) is 4.66. The Morgan fingerprint density at radius 1 is 1.33 bits per heavy atom. The van der Waals surface area contributed by atoms with Gasteiger partial charge in [-0.15, -0.1) is 11.3 Å². The highest BCUT2D eigenvalue weighted by atomic mass is 79.9. The highest BCUT2D eigenvalue weighted by molar-refractivity contribution is 9.10. The first kappa shape index (κ1) is 12.5. The zero-order valence-electron chi connectivity index (χ0n) is 10.2. The lowest BCUT2D eigenvalue weighted by molar-refractivity contribution is 0.284. The summed E-state index contributed by atoms with van der Waals surface area (Å²) in [5.41, 5.74) is 1.11.